The van der Waals surface area contributed by atoms with E-state index in [1.165, 1.54) is 6.26 Å². The Balaban J connectivity index is 1.72. The molecule has 2 heterocycles. The molecule has 4 rings (SSSR count). The van der Waals surface area contributed by atoms with E-state index in [2.05, 4.69) is 29.0 Å². The van der Waals surface area contributed by atoms with E-state index in [9.17, 15) is 13.2 Å². The molecule has 2 unspecified atom stereocenters. The average molecular weight is 409 g/mol. The summed E-state index contributed by atoms with van der Waals surface area (Å²) in [5.74, 6) is 0. The highest BCUT2D eigenvalue weighted by Gasteiger charge is 2.31. The van der Waals surface area contributed by atoms with Crippen molar-refractivity contribution in [3.8, 4) is 11.1 Å². The maximum absolute atomic E-state index is 12.6. The number of aromatic nitrogens is 1. The van der Waals surface area contributed by atoms with Crippen LogP contribution in [0.15, 0.2) is 77.6 Å². The van der Waals surface area contributed by atoms with Crippen molar-refractivity contribution in [2.75, 3.05) is 6.26 Å². The third-order valence-electron chi connectivity index (χ3n) is 5.43. The lowest BCUT2D eigenvalue weighted by Gasteiger charge is -2.35. The highest BCUT2D eigenvalue weighted by atomic mass is 32.2. The molecule has 0 bridgehead atoms. The van der Waals surface area contributed by atoms with Crippen molar-refractivity contribution in [1.82, 2.24) is 9.29 Å². The summed E-state index contributed by atoms with van der Waals surface area (Å²) in [6.45, 7) is 0. The standard InChI is InChI=1S/C23H24N2O3S/c1-29(27,28)24-21-14-13-20-11-6-12-23(26)25(20)22(21)16-17-7-5-10-19(15-17)18-8-3-2-4-9-18/h2-12,15,21-22,24H,13-14,16H2,1H3. The van der Waals surface area contributed by atoms with E-state index >= 15 is 0 Å². The molecule has 6 heteroatoms. The second kappa shape index (κ2) is 7.97. The van der Waals surface area contributed by atoms with Gasteiger partial charge in [-0.3, -0.25) is 4.79 Å². The highest BCUT2D eigenvalue weighted by Crippen LogP contribution is 2.29. The normalized spacial score (nSPS) is 18.9. The molecule has 0 spiro atoms. The SMILES string of the molecule is CS(=O)(=O)NC1CCc2cccc(=O)n2C1Cc1cccc(-c2ccccc2)c1. The predicted molar refractivity (Wildman–Crippen MR) is 115 cm³/mol. The van der Waals surface area contributed by atoms with Crippen molar-refractivity contribution >= 4 is 10.0 Å². The maximum Gasteiger partial charge on any atom is 0.251 e. The number of fused-ring (bicyclic) bond motifs is 1. The summed E-state index contributed by atoms with van der Waals surface area (Å²) < 4.78 is 28.4. The molecular formula is C23H24N2O3S. The number of aryl methyl sites for hydroxylation is 1. The second-order valence-electron chi connectivity index (χ2n) is 7.60. The predicted octanol–water partition coefficient (Wildman–Crippen LogP) is 3.16. The molecule has 29 heavy (non-hydrogen) atoms. The first-order chi connectivity index (χ1) is 13.9. The highest BCUT2D eigenvalue weighted by molar-refractivity contribution is 7.88. The minimum atomic E-state index is -3.38. The Hall–Kier alpha value is -2.70. The lowest BCUT2D eigenvalue weighted by molar-refractivity contribution is 0.315. The molecule has 0 saturated heterocycles. The fraction of sp³-hybridized carbons (Fsp3) is 0.261. The first-order valence-electron chi connectivity index (χ1n) is 9.73. The fourth-order valence-corrected chi connectivity index (χ4v) is 5.02. The number of sulfonamides is 1. The van der Waals surface area contributed by atoms with Crippen molar-refractivity contribution in [2.45, 2.75) is 31.3 Å². The summed E-state index contributed by atoms with van der Waals surface area (Å²) in [5.41, 5.74) is 4.16. The zero-order valence-corrected chi connectivity index (χ0v) is 17.1. The third kappa shape index (κ3) is 4.49. The molecule has 150 valence electrons. The van der Waals surface area contributed by atoms with Crippen LogP contribution in [-0.4, -0.2) is 25.3 Å². The monoisotopic (exact) mass is 408 g/mol. The smallest absolute Gasteiger partial charge is 0.251 e. The Morgan fingerprint density at radius 1 is 0.966 bits per heavy atom. The topological polar surface area (TPSA) is 68.2 Å². The van der Waals surface area contributed by atoms with Gasteiger partial charge >= 0.3 is 0 Å². The molecular weight excluding hydrogens is 384 g/mol. The van der Waals surface area contributed by atoms with E-state index in [1.54, 1.807) is 16.7 Å². The molecule has 0 saturated carbocycles. The van der Waals surface area contributed by atoms with Gasteiger partial charge in [-0.1, -0.05) is 60.7 Å². The number of nitrogens with zero attached hydrogens (tertiary/aromatic N) is 1. The number of nitrogens with one attached hydrogen (secondary N) is 1. The second-order valence-corrected chi connectivity index (χ2v) is 9.38. The lowest BCUT2D eigenvalue weighted by atomic mass is 9.90. The zero-order valence-electron chi connectivity index (χ0n) is 16.3. The summed E-state index contributed by atoms with van der Waals surface area (Å²) in [6.07, 6.45) is 3.08. The van der Waals surface area contributed by atoms with Crippen LogP contribution in [0.5, 0.6) is 0 Å². The molecule has 0 radical (unpaired) electrons. The van der Waals surface area contributed by atoms with Gasteiger partial charge in [0.25, 0.3) is 5.56 Å². The van der Waals surface area contributed by atoms with E-state index in [0.717, 1.165) is 22.4 Å². The van der Waals surface area contributed by atoms with E-state index in [0.29, 0.717) is 19.3 Å². The van der Waals surface area contributed by atoms with Gasteiger partial charge in [0.1, 0.15) is 0 Å². The number of rotatable bonds is 5. The molecule has 2 atom stereocenters. The summed E-state index contributed by atoms with van der Waals surface area (Å²) in [6, 6.07) is 23.0. The molecule has 1 N–H and O–H groups in total. The van der Waals surface area contributed by atoms with Crippen LogP contribution >= 0.6 is 0 Å². The molecule has 0 amide bonds. The van der Waals surface area contributed by atoms with Crippen LogP contribution in [0, 0.1) is 0 Å². The number of pyridine rings is 1. The number of hydrogen-bond acceptors (Lipinski definition) is 3. The summed E-state index contributed by atoms with van der Waals surface area (Å²) in [7, 11) is -3.38. The molecule has 1 aliphatic rings. The minimum absolute atomic E-state index is 0.0910. The number of benzene rings is 2. The Labute approximate surface area is 171 Å². The third-order valence-corrected chi connectivity index (χ3v) is 6.16. The average Bonchev–Trinajstić information content (AvgIpc) is 2.70. The molecule has 2 aromatic carbocycles. The van der Waals surface area contributed by atoms with E-state index in [4.69, 9.17) is 0 Å². The van der Waals surface area contributed by atoms with Crippen LogP contribution in [0.2, 0.25) is 0 Å². The Morgan fingerprint density at radius 2 is 1.69 bits per heavy atom. The van der Waals surface area contributed by atoms with Gasteiger partial charge in [-0.2, -0.15) is 0 Å². The van der Waals surface area contributed by atoms with Gasteiger partial charge in [-0.15, -0.1) is 0 Å². The van der Waals surface area contributed by atoms with Crippen molar-refractivity contribution in [3.63, 3.8) is 0 Å². The fourth-order valence-electron chi connectivity index (χ4n) is 4.20. The van der Waals surface area contributed by atoms with Crippen molar-refractivity contribution in [3.05, 3.63) is 94.4 Å². The van der Waals surface area contributed by atoms with Gasteiger partial charge in [-0.05, 0) is 42.0 Å². The first kappa shape index (κ1) is 19.6. The Bertz CT molecular complexity index is 1170. The van der Waals surface area contributed by atoms with Gasteiger partial charge in [0.05, 0.1) is 12.3 Å². The quantitative estimate of drug-likeness (QED) is 0.705. The van der Waals surface area contributed by atoms with Gasteiger partial charge in [-0.25, -0.2) is 13.1 Å². The molecule has 0 aliphatic carbocycles. The van der Waals surface area contributed by atoms with Crippen molar-refractivity contribution in [2.24, 2.45) is 0 Å². The van der Waals surface area contributed by atoms with Crippen LogP contribution in [0.4, 0.5) is 0 Å². The van der Waals surface area contributed by atoms with Crippen LogP contribution < -0.4 is 10.3 Å². The molecule has 1 aliphatic heterocycles. The van der Waals surface area contributed by atoms with E-state index in [-0.39, 0.29) is 17.6 Å². The van der Waals surface area contributed by atoms with E-state index < -0.39 is 10.0 Å². The molecule has 3 aromatic rings. The van der Waals surface area contributed by atoms with Gasteiger partial charge in [0.2, 0.25) is 10.0 Å². The van der Waals surface area contributed by atoms with Gasteiger partial charge in [0.15, 0.2) is 0 Å². The maximum atomic E-state index is 12.6. The van der Waals surface area contributed by atoms with Crippen LogP contribution in [0.3, 0.4) is 0 Å². The van der Waals surface area contributed by atoms with Gasteiger partial charge in [0, 0.05) is 17.8 Å². The summed E-state index contributed by atoms with van der Waals surface area (Å²) in [4.78, 5) is 12.6. The first-order valence-corrected chi connectivity index (χ1v) is 11.6. The van der Waals surface area contributed by atoms with Crippen LogP contribution in [-0.2, 0) is 22.9 Å². The molecule has 5 nitrogen and oxygen atoms in total. The van der Waals surface area contributed by atoms with Gasteiger partial charge < -0.3 is 4.57 Å². The molecule has 1 aromatic heterocycles. The lowest BCUT2D eigenvalue weighted by Crippen LogP contribution is -2.48. The summed E-state index contributed by atoms with van der Waals surface area (Å²) >= 11 is 0. The Morgan fingerprint density at radius 3 is 2.45 bits per heavy atom. The van der Waals surface area contributed by atoms with Crippen LogP contribution in [0.1, 0.15) is 23.7 Å². The summed E-state index contributed by atoms with van der Waals surface area (Å²) in [5, 5.41) is 0. The molecule has 0 fully saturated rings. The van der Waals surface area contributed by atoms with Crippen LogP contribution in [0.25, 0.3) is 11.1 Å². The van der Waals surface area contributed by atoms with Crippen molar-refractivity contribution in [1.29, 1.82) is 0 Å². The zero-order chi connectivity index (χ0) is 20.4. The van der Waals surface area contributed by atoms with Crippen molar-refractivity contribution < 1.29 is 8.42 Å². The minimum Gasteiger partial charge on any atom is -0.308 e. The Kier molecular flexibility index (Phi) is 5.39. The van der Waals surface area contributed by atoms with E-state index in [1.807, 2.05) is 36.4 Å². The largest absolute Gasteiger partial charge is 0.308 e. The number of hydrogen-bond donors (Lipinski definition) is 1.